The van der Waals surface area contributed by atoms with Crippen molar-refractivity contribution in [3.63, 3.8) is 0 Å². The zero-order chi connectivity index (χ0) is 29.8. The number of halogens is 1. The monoisotopic (exact) mass is 591 g/mol. The van der Waals surface area contributed by atoms with Crippen LogP contribution in [-0.4, -0.2) is 81.5 Å². The fraction of sp³-hybridized carbons (Fsp3) is 0.290. The molecule has 2 aliphatic rings. The maximum atomic E-state index is 13.3. The van der Waals surface area contributed by atoms with Gasteiger partial charge in [0.1, 0.15) is 0 Å². The maximum Gasteiger partial charge on any atom is 0.338 e. The molecule has 0 radical (unpaired) electrons. The molecule has 0 spiro atoms. The van der Waals surface area contributed by atoms with Crippen LogP contribution in [0.15, 0.2) is 66.7 Å². The van der Waals surface area contributed by atoms with E-state index in [-0.39, 0.29) is 23.8 Å². The van der Waals surface area contributed by atoms with Crippen LogP contribution in [0, 0.1) is 0 Å². The number of ether oxygens (including phenoxy) is 3. The van der Waals surface area contributed by atoms with E-state index >= 15 is 0 Å². The second-order valence-corrected chi connectivity index (χ2v) is 10.3. The summed E-state index contributed by atoms with van der Waals surface area (Å²) in [6.07, 6.45) is 0.0953. The van der Waals surface area contributed by atoms with Crippen LogP contribution in [-0.2, 0) is 14.3 Å². The van der Waals surface area contributed by atoms with Gasteiger partial charge in [0.15, 0.2) is 23.9 Å². The number of ketones is 1. The zero-order valence-electron chi connectivity index (χ0n) is 23.2. The molecule has 0 bridgehead atoms. The number of benzene rings is 3. The number of methoxy groups -OCH3 is 2. The van der Waals surface area contributed by atoms with Crippen molar-refractivity contribution in [2.24, 2.45) is 0 Å². The van der Waals surface area contributed by atoms with Crippen molar-refractivity contribution in [1.29, 1.82) is 0 Å². The van der Waals surface area contributed by atoms with E-state index < -0.39 is 24.4 Å². The van der Waals surface area contributed by atoms with Gasteiger partial charge in [-0.1, -0.05) is 17.7 Å². The van der Waals surface area contributed by atoms with E-state index in [1.165, 1.54) is 49.5 Å². The van der Waals surface area contributed by atoms with Gasteiger partial charge in [-0.15, -0.1) is 0 Å². The summed E-state index contributed by atoms with van der Waals surface area (Å²) in [5.41, 5.74) is 1.90. The first-order valence-electron chi connectivity index (χ1n) is 13.4. The number of piperazine rings is 1. The summed E-state index contributed by atoms with van der Waals surface area (Å²) >= 11 is 6.13. The standard InChI is InChI=1S/C31H30ClN3O7/c1-40-27-11-8-21(16-28(27)41-2)26(36)19-42-31(39)20-6-9-23(10-7-20)35-29(37)18-25(30(35)38)34-14-12-33(13-15-34)24-5-3-4-22(32)17-24/h3-11,16-17,25H,12-15,18-19H2,1-2H3. The van der Waals surface area contributed by atoms with E-state index in [0.717, 1.165) is 5.69 Å². The third-order valence-electron chi connectivity index (χ3n) is 7.45. The number of hydrogen-bond acceptors (Lipinski definition) is 9. The highest BCUT2D eigenvalue weighted by Gasteiger charge is 2.43. The van der Waals surface area contributed by atoms with Gasteiger partial charge < -0.3 is 19.1 Å². The van der Waals surface area contributed by atoms with E-state index in [1.807, 2.05) is 29.2 Å². The van der Waals surface area contributed by atoms with Gasteiger partial charge in [0.05, 0.1) is 37.9 Å². The molecule has 10 nitrogen and oxygen atoms in total. The number of nitrogens with zero attached hydrogens (tertiary/aromatic N) is 3. The molecule has 3 aromatic carbocycles. The van der Waals surface area contributed by atoms with Crippen molar-refractivity contribution in [1.82, 2.24) is 4.90 Å². The average molecular weight is 592 g/mol. The Hall–Kier alpha value is -4.41. The molecule has 2 fully saturated rings. The number of rotatable bonds is 9. The molecule has 2 heterocycles. The molecule has 2 saturated heterocycles. The van der Waals surface area contributed by atoms with E-state index in [0.29, 0.717) is 54.0 Å². The Labute approximate surface area is 248 Å². The van der Waals surface area contributed by atoms with Gasteiger partial charge in [-0.25, -0.2) is 9.69 Å². The van der Waals surface area contributed by atoms with E-state index in [9.17, 15) is 19.2 Å². The van der Waals surface area contributed by atoms with Gasteiger partial charge in [0.2, 0.25) is 5.91 Å². The quantitative estimate of drug-likeness (QED) is 0.208. The fourth-order valence-corrected chi connectivity index (χ4v) is 5.38. The lowest BCUT2D eigenvalue weighted by Crippen LogP contribution is -2.52. The first-order valence-corrected chi connectivity index (χ1v) is 13.8. The van der Waals surface area contributed by atoms with E-state index in [1.54, 1.807) is 12.1 Å². The topological polar surface area (TPSA) is 106 Å². The number of imide groups is 1. The second kappa shape index (κ2) is 12.6. The van der Waals surface area contributed by atoms with Crippen molar-refractivity contribution in [3.05, 3.63) is 82.9 Å². The Morgan fingerprint density at radius 3 is 2.19 bits per heavy atom. The summed E-state index contributed by atoms with van der Waals surface area (Å²) in [6.45, 7) is 2.23. The minimum absolute atomic E-state index is 0.0953. The Bertz CT molecular complexity index is 1500. The molecule has 0 aromatic heterocycles. The Morgan fingerprint density at radius 2 is 1.52 bits per heavy atom. The van der Waals surface area contributed by atoms with Crippen LogP contribution in [0.25, 0.3) is 0 Å². The largest absolute Gasteiger partial charge is 0.493 e. The molecule has 218 valence electrons. The molecule has 2 aliphatic heterocycles. The molecule has 2 amide bonds. The van der Waals surface area contributed by atoms with Crippen LogP contribution in [0.5, 0.6) is 11.5 Å². The summed E-state index contributed by atoms with van der Waals surface area (Å²) < 4.78 is 15.6. The smallest absolute Gasteiger partial charge is 0.338 e. The highest BCUT2D eigenvalue weighted by atomic mass is 35.5. The van der Waals surface area contributed by atoms with Crippen LogP contribution in [0.2, 0.25) is 5.02 Å². The minimum atomic E-state index is -0.704. The zero-order valence-corrected chi connectivity index (χ0v) is 24.0. The lowest BCUT2D eigenvalue weighted by molar-refractivity contribution is -0.123. The number of esters is 1. The molecule has 3 aromatic rings. The number of Topliss-reactive ketones (excluding diaryl/α,β-unsaturated/α-hetero) is 1. The lowest BCUT2D eigenvalue weighted by Gasteiger charge is -2.38. The summed E-state index contributed by atoms with van der Waals surface area (Å²) in [5, 5.41) is 0.671. The highest BCUT2D eigenvalue weighted by molar-refractivity contribution is 6.30. The van der Waals surface area contributed by atoms with Gasteiger partial charge in [0, 0.05) is 42.5 Å². The third-order valence-corrected chi connectivity index (χ3v) is 7.69. The van der Waals surface area contributed by atoms with Crippen LogP contribution in [0.3, 0.4) is 0 Å². The van der Waals surface area contributed by atoms with Crippen molar-refractivity contribution in [3.8, 4) is 11.5 Å². The van der Waals surface area contributed by atoms with Gasteiger partial charge in [-0.3, -0.25) is 19.3 Å². The predicted molar refractivity (Wildman–Crippen MR) is 157 cm³/mol. The van der Waals surface area contributed by atoms with Crippen molar-refractivity contribution in [2.45, 2.75) is 12.5 Å². The van der Waals surface area contributed by atoms with Gasteiger partial charge in [0.25, 0.3) is 5.91 Å². The first-order chi connectivity index (χ1) is 20.3. The number of amides is 2. The van der Waals surface area contributed by atoms with E-state index in [4.69, 9.17) is 25.8 Å². The summed E-state index contributed by atoms with van der Waals surface area (Å²) in [5.74, 6) is -0.828. The SMILES string of the molecule is COc1ccc(C(=O)COC(=O)c2ccc(N3C(=O)CC(N4CCN(c5cccc(Cl)c5)CC4)C3=O)cc2)cc1OC. The number of carbonyl (C=O) groups excluding carboxylic acids is 4. The summed E-state index contributed by atoms with van der Waals surface area (Å²) in [6, 6.07) is 17.8. The Morgan fingerprint density at radius 1 is 0.833 bits per heavy atom. The minimum Gasteiger partial charge on any atom is -0.493 e. The molecular weight excluding hydrogens is 562 g/mol. The molecule has 5 rings (SSSR count). The summed E-state index contributed by atoms with van der Waals surface area (Å²) in [7, 11) is 2.95. The Balaban J connectivity index is 1.17. The fourth-order valence-electron chi connectivity index (χ4n) is 5.19. The molecule has 0 N–H and O–H groups in total. The third kappa shape index (κ3) is 6.09. The van der Waals surface area contributed by atoms with Crippen LogP contribution >= 0.6 is 11.6 Å². The van der Waals surface area contributed by atoms with Crippen molar-refractivity contribution >= 4 is 46.5 Å². The second-order valence-electron chi connectivity index (χ2n) is 9.91. The van der Waals surface area contributed by atoms with Crippen LogP contribution in [0.1, 0.15) is 27.1 Å². The molecule has 42 heavy (non-hydrogen) atoms. The molecule has 0 aliphatic carbocycles. The predicted octanol–water partition coefficient (Wildman–Crippen LogP) is 3.85. The van der Waals surface area contributed by atoms with Crippen LogP contribution in [0.4, 0.5) is 11.4 Å². The first kappa shape index (κ1) is 29.1. The molecule has 11 heteroatoms. The summed E-state index contributed by atoms with van der Waals surface area (Å²) in [4.78, 5) is 56.8. The number of hydrogen-bond donors (Lipinski definition) is 0. The lowest BCUT2D eigenvalue weighted by atomic mass is 10.1. The van der Waals surface area contributed by atoms with Crippen LogP contribution < -0.4 is 19.3 Å². The Kier molecular flexibility index (Phi) is 8.75. The highest BCUT2D eigenvalue weighted by Crippen LogP contribution is 2.29. The van der Waals surface area contributed by atoms with E-state index in [2.05, 4.69) is 4.90 Å². The molecular formula is C31H30ClN3O7. The average Bonchev–Trinajstić information content (AvgIpc) is 3.32. The molecule has 0 saturated carbocycles. The van der Waals surface area contributed by atoms with Gasteiger partial charge in [-0.2, -0.15) is 0 Å². The normalized spacial score (nSPS) is 17.4. The van der Waals surface area contributed by atoms with Gasteiger partial charge >= 0.3 is 5.97 Å². The molecule has 1 unspecified atom stereocenters. The maximum absolute atomic E-state index is 13.3. The number of carbonyl (C=O) groups is 4. The van der Waals surface area contributed by atoms with Gasteiger partial charge in [-0.05, 0) is 60.7 Å². The van der Waals surface area contributed by atoms with Crippen molar-refractivity contribution < 1.29 is 33.4 Å². The molecule has 1 atom stereocenters. The van der Waals surface area contributed by atoms with Crippen molar-refractivity contribution in [2.75, 3.05) is 56.8 Å². The number of anilines is 2.